The highest BCUT2D eigenvalue weighted by Gasteiger charge is 2.19. The lowest BCUT2D eigenvalue weighted by molar-refractivity contribution is 0.122. The SMILES string of the molecule is Cc1nc(N2CCOCC2)c2sc(COS(C)(=O)=O)cc2n1. The highest BCUT2D eigenvalue weighted by molar-refractivity contribution is 7.85. The van der Waals surface area contributed by atoms with Gasteiger partial charge in [-0.2, -0.15) is 8.42 Å². The summed E-state index contributed by atoms with van der Waals surface area (Å²) >= 11 is 1.47. The standard InChI is InChI=1S/C13H17N3O4S2/c1-9-14-11-7-10(8-20-22(2,17)18)21-12(11)13(15-9)16-3-5-19-6-4-16/h7H,3-6,8H2,1-2H3. The smallest absolute Gasteiger partial charge is 0.264 e. The van der Waals surface area contributed by atoms with Gasteiger partial charge in [0.05, 0.1) is 29.7 Å². The topological polar surface area (TPSA) is 81.6 Å². The number of fused-ring (bicyclic) bond motifs is 1. The van der Waals surface area contributed by atoms with E-state index in [0.29, 0.717) is 19.0 Å². The molecule has 1 saturated heterocycles. The summed E-state index contributed by atoms with van der Waals surface area (Å²) in [7, 11) is -3.45. The van der Waals surface area contributed by atoms with Crippen LogP contribution >= 0.6 is 11.3 Å². The zero-order chi connectivity index (χ0) is 15.7. The fourth-order valence-electron chi connectivity index (χ4n) is 2.30. The fraction of sp³-hybridized carbons (Fsp3) is 0.538. The van der Waals surface area contributed by atoms with E-state index in [0.717, 1.165) is 40.3 Å². The van der Waals surface area contributed by atoms with Crippen molar-refractivity contribution in [2.24, 2.45) is 0 Å². The quantitative estimate of drug-likeness (QED) is 0.774. The van der Waals surface area contributed by atoms with Crippen molar-refractivity contribution in [3.05, 3.63) is 16.8 Å². The average molecular weight is 343 g/mol. The number of nitrogens with zero attached hydrogens (tertiary/aromatic N) is 3. The van der Waals surface area contributed by atoms with Crippen LogP contribution in [0.1, 0.15) is 10.7 Å². The van der Waals surface area contributed by atoms with Crippen molar-refractivity contribution in [2.75, 3.05) is 37.5 Å². The average Bonchev–Trinajstić information content (AvgIpc) is 2.87. The summed E-state index contributed by atoms with van der Waals surface area (Å²) in [4.78, 5) is 12.0. The van der Waals surface area contributed by atoms with Gasteiger partial charge in [-0.3, -0.25) is 4.18 Å². The monoisotopic (exact) mass is 343 g/mol. The second-order valence-electron chi connectivity index (χ2n) is 5.09. The molecule has 0 radical (unpaired) electrons. The molecule has 0 N–H and O–H groups in total. The molecule has 1 fully saturated rings. The molecule has 22 heavy (non-hydrogen) atoms. The number of morpholine rings is 1. The first-order valence-corrected chi connectivity index (χ1v) is 9.50. The summed E-state index contributed by atoms with van der Waals surface area (Å²) in [6, 6.07) is 1.86. The molecule has 2 aromatic heterocycles. The summed E-state index contributed by atoms with van der Waals surface area (Å²) in [5.74, 6) is 1.59. The van der Waals surface area contributed by atoms with Gasteiger partial charge >= 0.3 is 0 Å². The Morgan fingerprint density at radius 1 is 1.36 bits per heavy atom. The summed E-state index contributed by atoms with van der Waals surface area (Å²) in [6.45, 7) is 4.83. The van der Waals surface area contributed by atoms with Gasteiger partial charge in [-0.05, 0) is 13.0 Å². The maximum Gasteiger partial charge on any atom is 0.264 e. The largest absolute Gasteiger partial charge is 0.378 e. The van der Waals surface area contributed by atoms with E-state index < -0.39 is 10.1 Å². The van der Waals surface area contributed by atoms with Crippen LogP contribution in [-0.2, 0) is 25.6 Å². The Labute approximate surface area is 133 Å². The summed E-state index contributed by atoms with van der Waals surface area (Å²) in [6.07, 6.45) is 1.05. The Balaban J connectivity index is 1.95. The van der Waals surface area contributed by atoms with Crippen molar-refractivity contribution in [3.63, 3.8) is 0 Å². The van der Waals surface area contributed by atoms with Crippen LogP contribution in [0.15, 0.2) is 6.07 Å². The minimum Gasteiger partial charge on any atom is -0.378 e. The van der Waals surface area contributed by atoms with Gasteiger partial charge in [0.25, 0.3) is 10.1 Å². The number of ether oxygens (including phenoxy) is 1. The molecule has 0 spiro atoms. The molecule has 0 aromatic carbocycles. The molecule has 0 amide bonds. The Kier molecular flexibility index (Phi) is 4.31. The Morgan fingerprint density at radius 2 is 2.09 bits per heavy atom. The third-order valence-corrected chi connectivity index (χ3v) is 4.88. The van der Waals surface area contributed by atoms with Gasteiger partial charge in [0, 0.05) is 18.0 Å². The van der Waals surface area contributed by atoms with Crippen LogP contribution < -0.4 is 4.90 Å². The number of aryl methyl sites for hydroxylation is 1. The molecule has 0 aliphatic carbocycles. The Hall–Kier alpha value is -1.29. The van der Waals surface area contributed by atoms with E-state index in [1.54, 1.807) is 0 Å². The van der Waals surface area contributed by atoms with Crippen LogP contribution in [0.3, 0.4) is 0 Å². The van der Waals surface area contributed by atoms with E-state index in [1.165, 1.54) is 11.3 Å². The maximum atomic E-state index is 11.1. The van der Waals surface area contributed by atoms with E-state index in [4.69, 9.17) is 8.92 Å². The van der Waals surface area contributed by atoms with Crippen LogP contribution in [-0.4, -0.2) is 50.9 Å². The molecule has 3 rings (SSSR count). The van der Waals surface area contributed by atoms with E-state index in [1.807, 2.05) is 13.0 Å². The molecular weight excluding hydrogens is 326 g/mol. The molecule has 120 valence electrons. The molecule has 0 saturated carbocycles. The highest BCUT2D eigenvalue weighted by atomic mass is 32.2. The molecule has 9 heteroatoms. The highest BCUT2D eigenvalue weighted by Crippen LogP contribution is 2.32. The first-order chi connectivity index (χ1) is 10.4. The van der Waals surface area contributed by atoms with Gasteiger partial charge in [-0.25, -0.2) is 9.97 Å². The Bertz CT molecular complexity index is 782. The van der Waals surface area contributed by atoms with Gasteiger partial charge in [-0.15, -0.1) is 11.3 Å². The Morgan fingerprint density at radius 3 is 2.77 bits per heavy atom. The molecule has 0 bridgehead atoms. The number of thiophene rings is 1. The summed E-state index contributed by atoms with van der Waals surface area (Å²) in [5.41, 5.74) is 0.825. The van der Waals surface area contributed by atoms with E-state index in [2.05, 4.69) is 14.9 Å². The van der Waals surface area contributed by atoms with Crippen molar-refractivity contribution >= 4 is 37.5 Å². The van der Waals surface area contributed by atoms with Crippen LogP contribution in [0.5, 0.6) is 0 Å². The third kappa shape index (κ3) is 3.54. The van der Waals surface area contributed by atoms with Crippen LogP contribution in [0.25, 0.3) is 10.2 Å². The van der Waals surface area contributed by atoms with Crippen molar-refractivity contribution < 1.29 is 17.3 Å². The molecular formula is C13H17N3O4S2. The molecule has 7 nitrogen and oxygen atoms in total. The number of anilines is 1. The van der Waals surface area contributed by atoms with Gasteiger partial charge < -0.3 is 9.64 Å². The number of hydrogen-bond donors (Lipinski definition) is 0. The van der Waals surface area contributed by atoms with Gasteiger partial charge in [-0.1, -0.05) is 0 Å². The van der Waals surface area contributed by atoms with Crippen LogP contribution in [0.2, 0.25) is 0 Å². The fourth-order valence-corrected chi connectivity index (χ4v) is 3.74. The van der Waals surface area contributed by atoms with E-state index in [9.17, 15) is 8.42 Å². The van der Waals surface area contributed by atoms with Crippen LogP contribution in [0, 0.1) is 6.92 Å². The van der Waals surface area contributed by atoms with Crippen molar-refractivity contribution in [2.45, 2.75) is 13.5 Å². The number of aromatic nitrogens is 2. The minimum atomic E-state index is -3.45. The van der Waals surface area contributed by atoms with E-state index >= 15 is 0 Å². The summed E-state index contributed by atoms with van der Waals surface area (Å²) in [5, 5.41) is 0. The molecule has 3 heterocycles. The zero-order valence-corrected chi connectivity index (χ0v) is 14.0. The predicted octanol–water partition coefficient (Wildman–Crippen LogP) is 1.31. The van der Waals surface area contributed by atoms with Gasteiger partial charge in [0.2, 0.25) is 0 Å². The van der Waals surface area contributed by atoms with Crippen LogP contribution in [0.4, 0.5) is 5.82 Å². The van der Waals surface area contributed by atoms with Crippen molar-refractivity contribution in [1.29, 1.82) is 0 Å². The molecule has 0 unspecified atom stereocenters. The number of rotatable bonds is 4. The number of hydrogen-bond acceptors (Lipinski definition) is 8. The van der Waals surface area contributed by atoms with Gasteiger partial charge in [0.1, 0.15) is 12.4 Å². The van der Waals surface area contributed by atoms with Crippen molar-refractivity contribution in [3.8, 4) is 0 Å². The minimum absolute atomic E-state index is 0.0292. The molecule has 0 atom stereocenters. The molecule has 1 aliphatic rings. The second kappa shape index (κ2) is 6.07. The molecule has 2 aromatic rings. The second-order valence-corrected chi connectivity index (χ2v) is 7.87. The lowest BCUT2D eigenvalue weighted by Gasteiger charge is -2.28. The third-order valence-electron chi connectivity index (χ3n) is 3.24. The summed E-state index contributed by atoms with van der Waals surface area (Å²) < 4.78 is 33.4. The zero-order valence-electron chi connectivity index (χ0n) is 12.4. The lowest BCUT2D eigenvalue weighted by atomic mass is 10.3. The lowest BCUT2D eigenvalue weighted by Crippen LogP contribution is -2.36. The van der Waals surface area contributed by atoms with E-state index in [-0.39, 0.29) is 6.61 Å². The first kappa shape index (κ1) is 15.6. The maximum absolute atomic E-state index is 11.1. The first-order valence-electron chi connectivity index (χ1n) is 6.86. The predicted molar refractivity (Wildman–Crippen MR) is 84.8 cm³/mol. The normalized spacial score (nSPS) is 16.4. The van der Waals surface area contributed by atoms with Gasteiger partial charge in [0.15, 0.2) is 5.82 Å². The molecule has 1 aliphatic heterocycles. The van der Waals surface area contributed by atoms with Crippen molar-refractivity contribution in [1.82, 2.24) is 9.97 Å².